The van der Waals surface area contributed by atoms with Crippen LogP contribution in [0.25, 0.3) is 0 Å². The molecule has 0 aromatic carbocycles. The van der Waals surface area contributed by atoms with E-state index in [0.717, 1.165) is 0 Å². The van der Waals surface area contributed by atoms with Gasteiger partial charge in [-0.05, 0) is 5.26 Å². The molecule has 0 aromatic heterocycles. The molecule has 1 radical (unpaired) electrons. The first-order chi connectivity index (χ1) is 2.56. The molecule has 0 aliphatic carbocycles. The van der Waals surface area contributed by atoms with Crippen LogP contribution < -0.4 is 0 Å². The van der Waals surface area contributed by atoms with E-state index >= 15 is 0 Å². The van der Waals surface area contributed by atoms with E-state index < -0.39 is 3.98 Å². The van der Waals surface area contributed by atoms with Crippen LogP contribution in [-0.4, -0.2) is 3.98 Å². The summed E-state index contributed by atoms with van der Waals surface area (Å²) < 4.78 is -2.10. The Morgan fingerprint density at radius 1 is 1.33 bits per heavy atom. The lowest BCUT2D eigenvalue weighted by atomic mass is 11.6. The molecule has 0 amide bonds. The van der Waals surface area contributed by atoms with Gasteiger partial charge in [0.1, 0.15) is 0 Å². The average molecular weight is 150 g/mol. The van der Waals surface area contributed by atoms with Crippen LogP contribution in [0.4, 0.5) is 0 Å². The second kappa shape index (κ2) is 2.19. The molecule has 0 fully saturated rings. The molecule has 5 heteroatoms. The highest BCUT2D eigenvalue weighted by atomic mass is 35.6. The third kappa shape index (κ3) is 4.79. The van der Waals surface area contributed by atoms with Gasteiger partial charge in [0.15, 0.2) is 0 Å². The summed E-state index contributed by atoms with van der Waals surface area (Å²) in [6.07, 6.45) is 0. The summed E-state index contributed by atoms with van der Waals surface area (Å²) in [6.45, 7) is 0. The van der Waals surface area contributed by atoms with Crippen LogP contribution in [0.2, 0.25) is 0 Å². The largest absolute Gasteiger partial charge is 0.329 e. The van der Waals surface area contributed by atoms with Crippen molar-refractivity contribution in [1.82, 2.24) is 0 Å². The maximum Gasteiger partial charge on any atom is 0.329 e. The SMILES string of the molecule is [O]OC(Cl)(Cl)Cl. The molecule has 2 nitrogen and oxygen atoms in total. The Kier molecular flexibility index (Phi) is 2.48. The van der Waals surface area contributed by atoms with Gasteiger partial charge in [-0.2, -0.15) is 0 Å². The Morgan fingerprint density at radius 3 is 1.50 bits per heavy atom. The Morgan fingerprint density at radius 2 is 1.50 bits per heavy atom. The van der Waals surface area contributed by atoms with E-state index in [4.69, 9.17) is 40.1 Å². The molecular formula is CCl3O2. The van der Waals surface area contributed by atoms with Crippen LogP contribution in [0.5, 0.6) is 0 Å². The Labute approximate surface area is 49.5 Å². The molecule has 37 valence electrons. The number of halogens is 3. The quantitative estimate of drug-likeness (QED) is 0.293. The van der Waals surface area contributed by atoms with Crippen molar-refractivity contribution in [2.24, 2.45) is 0 Å². The fourth-order valence-corrected chi connectivity index (χ4v) is 0. The fourth-order valence-electron chi connectivity index (χ4n) is 0. The van der Waals surface area contributed by atoms with Crippen LogP contribution in [-0.2, 0) is 10.1 Å². The van der Waals surface area contributed by atoms with Gasteiger partial charge in [0, 0.05) is 0 Å². The molecule has 6 heavy (non-hydrogen) atoms. The van der Waals surface area contributed by atoms with Gasteiger partial charge in [-0.1, -0.05) is 34.8 Å². The predicted molar refractivity (Wildman–Crippen MR) is 22.1 cm³/mol. The standard InChI is InChI=1S/CCl3O2/c2-1(3,4)6-5. The van der Waals surface area contributed by atoms with Crippen molar-refractivity contribution in [2.75, 3.05) is 0 Å². The first-order valence-electron chi connectivity index (χ1n) is 0.938. The van der Waals surface area contributed by atoms with Crippen LogP contribution >= 0.6 is 34.8 Å². The zero-order valence-electron chi connectivity index (χ0n) is 2.45. The third-order valence-corrected chi connectivity index (χ3v) is 0.283. The number of alkyl halides is 3. The summed E-state index contributed by atoms with van der Waals surface area (Å²) in [5.74, 6) is 0. The summed E-state index contributed by atoms with van der Waals surface area (Å²) in [6, 6.07) is 0. The van der Waals surface area contributed by atoms with E-state index in [1.54, 1.807) is 0 Å². The second-order valence-corrected chi connectivity index (χ2v) is 2.71. The van der Waals surface area contributed by atoms with Crippen LogP contribution in [0.3, 0.4) is 0 Å². The Bertz CT molecular complexity index is 38.5. The molecule has 0 rings (SSSR count). The monoisotopic (exact) mass is 149 g/mol. The molecular weight excluding hydrogens is 150 g/mol. The molecule has 0 aliphatic heterocycles. The van der Waals surface area contributed by atoms with Crippen LogP contribution in [0, 0.1) is 0 Å². The Balaban J connectivity index is 3.17. The van der Waals surface area contributed by atoms with Gasteiger partial charge in [-0.3, -0.25) is 0 Å². The van der Waals surface area contributed by atoms with Gasteiger partial charge in [0.25, 0.3) is 0 Å². The smallest absolute Gasteiger partial charge is 0.146 e. The average Bonchev–Trinajstić information content (AvgIpc) is 1.35. The summed E-state index contributed by atoms with van der Waals surface area (Å²) >= 11 is 14.1. The van der Waals surface area contributed by atoms with Gasteiger partial charge in [0.05, 0.1) is 0 Å². The molecule has 0 bridgehead atoms. The molecule has 0 unspecified atom stereocenters. The summed E-state index contributed by atoms with van der Waals surface area (Å²) in [5, 5.41) is 9.06. The van der Waals surface area contributed by atoms with Crippen molar-refractivity contribution in [2.45, 2.75) is 3.98 Å². The minimum atomic E-state index is -2.10. The van der Waals surface area contributed by atoms with E-state index in [0.29, 0.717) is 0 Å². The molecule has 0 aromatic rings. The zero-order chi connectivity index (χ0) is 5.21. The summed E-state index contributed by atoms with van der Waals surface area (Å²) in [5.41, 5.74) is 0. The minimum Gasteiger partial charge on any atom is -0.146 e. The highest BCUT2D eigenvalue weighted by molar-refractivity contribution is 6.66. The van der Waals surface area contributed by atoms with Crippen molar-refractivity contribution < 1.29 is 10.1 Å². The fraction of sp³-hybridized carbons (Fsp3) is 1.00. The van der Waals surface area contributed by atoms with Gasteiger partial charge >= 0.3 is 3.98 Å². The lowest BCUT2D eigenvalue weighted by molar-refractivity contribution is -0.310. The van der Waals surface area contributed by atoms with Crippen molar-refractivity contribution in [3.8, 4) is 0 Å². The summed E-state index contributed by atoms with van der Waals surface area (Å²) in [7, 11) is 0. The van der Waals surface area contributed by atoms with Crippen LogP contribution in [0.15, 0.2) is 0 Å². The van der Waals surface area contributed by atoms with Gasteiger partial charge in [-0.25, -0.2) is 0 Å². The highest BCUT2D eigenvalue weighted by Gasteiger charge is 2.20. The maximum absolute atomic E-state index is 9.06. The van der Waals surface area contributed by atoms with E-state index in [1.807, 2.05) is 0 Å². The zero-order valence-corrected chi connectivity index (χ0v) is 4.72. The van der Waals surface area contributed by atoms with Crippen molar-refractivity contribution in [3.05, 3.63) is 0 Å². The van der Waals surface area contributed by atoms with E-state index in [9.17, 15) is 0 Å². The van der Waals surface area contributed by atoms with Crippen LogP contribution in [0.1, 0.15) is 0 Å². The van der Waals surface area contributed by atoms with E-state index in [1.165, 1.54) is 0 Å². The predicted octanol–water partition coefficient (Wildman–Crippen LogP) is 1.68. The van der Waals surface area contributed by atoms with Gasteiger partial charge in [-0.15, -0.1) is 4.89 Å². The number of rotatable bonds is 0. The lowest BCUT2D eigenvalue weighted by Crippen LogP contribution is -2.02. The minimum absolute atomic E-state index is 2.10. The molecule has 0 aliphatic rings. The second-order valence-electron chi connectivity index (χ2n) is 0.529. The molecule has 0 atom stereocenters. The first-order valence-corrected chi connectivity index (χ1v) is 2.07. The number of hydrogen-bond donors (Lipinski definition) is 0. The van der Waals surface area contributed by atoms with Crippen molar-refractivity contribution in [1.29, 1.82) is 0 Å². The molecule has 0 spiro atoms. The van der Waals surface area contributed by atoms with E-state index in [-0.39, 0.29) is 0 Å². The van der Waals surface area contributed by atoms with Crippen molar-refractivity contribution >= 4 is 34.8 Å². The van der Waals surface area contributed by atoms with Crippen molar-refractivity contribution in [3.63, 3.8) is 0 Å². The molecule has 0 heterocycles. The highest BCUT2D eigenvalue weighted by Crippen LogP contribution is 2.25. The topological polar surface area (TPSA) is 29.1 Å². The van der Waals surface area contributed by atoms with Gasteiger partial charge in [0.2, 0.25) is 0 Å². The molecule has 0 saturated heterocycles. The number of hydrogen-bond acceptors (Lipinski definition) is 1. The molecule has 0 saturated carbocycles. The van der Waals surface area contributed by atoms with Gasteiger partial charge < -0.3 is 0 Å². The first kappa shape index (κ1) is 6.79. The maximum atomic E-state index is 9.06. The lowest BCUT2D eigenvalue weighted by Gasteiger charge is -1.98. The normalized spacial score (nSPS) is 12.0. The summed E-state index contributed by atoms with van der Waals surface area (Å²) in [4.78, 5) is 2.98. The third-order valence-electron chi connectivity index (χ3n) is 0.0945. The Hall–Kier alpha value is 0.790. The van der Waals surface area contributed by atoms with E-state index in [2.05, 4.69) is 4.89 Å². The molecule has 0 N–H and O–H groups in total.